The highest BCUT2D eigenvalue weighted by molar-refractivity contribution is 5.94. The zero-order valence-electron chi connectivity index (χ0n) is 17.4. The average molecular weight is 420 g/mol. The van der Waals surface area contributed by atoms with E-state index in [9.17, 15) is 18.0 Å². The summed E-state index contributed by atoms with van der Waals surface area (Å²) in [6, 6.07) is 8.76. The molecule has 1 saturated carbocycles. The van der Waals surface area contributed by atoms with Gasteiger partial charge in [-0.3, -0.25) is 4.79 Å². The maximum atomic E-state index is 12.9. The second kappa shape index (κ2) is 8.93. The molecule has 1 aliphatic rings. The second-order valence-electron chi connectivity index (χ2n) is 7.99. The van der Waals surface area contributed by atoms with Gasteiger partial charge in [0.05, 0.1) is 5.56 Å². The third kappa shape index (κ3) is 5.64. The summed E-state index contributed by atoms with van der Waals surface area (Å²) in [4.78, 5) is 19.0. The number of hydrogen-bond donors (Lipinski definition) is 2. The van der Waals surface area contributed by atoms with Crippen LogP contribution in [0.3, 0.4) is 0 Å². The Hall–Kier alpha value is -2.77. The Morgan fingerprint density at radius 2 is 1.73 bits per heavy atom. The van der Waals surface area contributed by atoms with E-state index in [0.717, 1.165) is 55.0 Å². The fraction of sp³-hybridized carbons (Fsp3) is 0.455. The van der Waals surface area contributed by atoms with Gasteiger partial charge in [0.2, 0.25) is 0 Å². The molecule has 0 unspecified atom stereocenters. The van der Waals surface area contributed by atoms with Gasteiger partial charge in [-0.1, -0.05) is 6.07 Å². The molecule has 2 aromatic rings. The van der Waals surface area contributed by atoms with Gasteiger partial charge in [0, 0.05) is 49.2 Å². The van der Waals surface area contributed by atoms with E-state index in [-0.39, 0.29) is 17.6 Å². The molecule has 0 bridgehead atoms. The summed E-state index contributed by atoms with van der Waals surface area (Å²) in [6.45, 7) is 1.96. The third-order valence-corrected chi connectivity index (χ3v) is 5.32. The van der Waals surface area contributed by atoms with Crippen molar-refractivity contribution in [2.24, 2.45) is 0 Å². The summed E-state index contributed by atoms with van der Waals surface area (Å²) in [6.07, 6.45) is -1.25. The maximum Gasteiger partial charge on any atom is 0.416 e. The molecule has 162 valence electrons. The van der Waals surface area contributed by atoms with Crippen LogP contribution in [0.15, 0.2) is 36.4 Å². The number of anilines is 2. The first-order chi connectivity index (χ1) is 14.1. The van der Waals surface area contributed by atoms with Gasteiger partial charge in [0.25, 0.3) is 5.91 Å². The summed E-state index contributed by atoms with van der Waals surface area (Å²) in [5.41, 5.74) is 1.23. The number of amides is 1. The van der Waals surface area contributed by atoms with E-state index in [2.05, 4.69) is 15.6 Å². The molecule has 1 fully saturated rings. The maximum absolute atomic E-state index is 12.9. The average Bonchev–Trinajstić information content (AvgIpc) is 2.68. The van der Waals surface area contributed by atoms with Gasteiger partial charge in [0.15, 0.2) is 0 Å². The second-order valence-corrected chi connectivity index (χ2v) is 7.99. The van der Waals surface area contributed by atoms with Crippen molar-refractivity contribution in [3.05, 3.63) is 53.2 Å². The van der Waals surface area contributed by atoms with Crippen molar-refractivity contribution in [3.63, 3.8) is 0 Å². The lowest BCUT2D eigenvalue weighted by Crippen LogP contribution is -2.40. The molecular weight excluding hydrogens is 393 g/mol. The number of nitrogens with one attached hydrogen (secondary N) is 2. The minimum Gasteiger partial charge on any atom is -0.377 e. The first-order valence-electron chi connectivity index (χ1n) is 10.0. The van der Waals surface area contributed by atoms with Crippen LogP contribution in [0.25, 0.3) is 0 Å². The van der Waals surface area contributed by atoms with Crippen LogP contribution < -0.4 is 15.5 Å². The van der Waals surface area contributed by atoms with Crippen molar-refractivity contribution in [1.29, 1.82) is 0 Å². The highest BCUT2D eigenvalue weighted by atomic mass is 19.4. The molecule has 1 aliphatic carbocycles. The third-order valence-electron chi connectivity index (χ3n) is 5.32. The predicted octanol–water partition coefficient (Wildman–Crippen LogP) is 4.63. The number of aryl methyl sites for hydroxylation is 1. The fourth-order valence-corrected chi connectivity index (χ4v) is 3.68. The number of carbonyl (C=O) groups is 1. The first-order valence-corrected chi connectivity index (χ1v) is 10.0. The summed E-state index contributed by atoms with van der Waals surface area (Å²) < 4.78 is 38.6. The number of hydrogen-bond acceptors (Lipinski definition) is 4. The van der Waals surface area contributed by atoms with Crippen LogP contribution in [0.5, 0.6) is 0 Å². The predicted molar refractivity (Wildman–Crippen MR) is 112 cm³/mol. The lowest BCUT2D eigenvalue weighted by molar-refractivity contribution is -0.137. The number of benzene rings is 1. The monoisotopic (exact) mass is 420 g/mol. The molecule has 0 aliphatic heterocycles. The van der Waals surface area contributed by atoms with Crippen molar-refractivity contribution in [1.82, 2.24) is 10.3 Å². The van der Waals surface area contributed by atoms with Crippen molar-refractivity contribution in [2.75, 3.05) is 24.3 Å². The minimum atomic E-state index is -4.46. The number of nitrogens with zero attached hydrogens (tertiary/aromatic N) is 2. The molecule has 1 amide bonds. The van der Waals surface area contributed by atoms with E-state index in [1.807, 2.05) is 38.1 Å². The molecule has 1 heterocycles. The van der Waals surface area contributed by atoms with Crippen LogP contribution in [-0.4, -0.2) is 37.1 Å². The highest BCUT2D eigenvalue weighted by Crippen LogP contribution is 2.30. The number of halogens is 3. The van der Waals surface area contributed by atoms with Crippen molar-refractivity contribution in [3.8, 4) is 0 Å². The normalized spacial score (nSPS) is 19.3. The largest absolute Gasteiger partial charge is 0.416 e. The number of aromatic nitrogens is 1. The van der Waals surface area contributed by atoms with E-state index >= 15 is 0 Å². The molecule has 0 atom stereocenters. The lowest BCUT2D eigenvalue weighted by Gasteiger charge is -2.30. The van der Waals surface area contributed by atoms with E-state index in [1.54, 1.807) is 0 Å². The van der Waals surface area contributed by atoms with E-state index in [4.69, 9.17) is 0 Å². The van der Waals surface area contributed by atoms with Gasteiger partial charge < -0.3 is 15.5 Å². The molecule has 3 rings (SSSR count). The Morgan fingerprint density at radius 3 is 2.37 bits per heavy atom. The van der Waals surface area contributed by atoms with Gasteiger partial charge in [-0.15, -0.1) is 0 Å². The number of pyridine rings is 1. The van der Waals surface area contributed by atoms with Crippen LogP contribution in [0.4, 0.5) is 24.7 Å². The Balaban J connectivity index is 1.54. The van der Waals surface area contributed by atoms with Gasteiger partial charge in [-0.25, -0.2) is 4.98 Å². The summed E-state index contributed by atoms with van der Waals surface area (Å²) >= 11 is 0. The molecule has 0 spiro atoms. The smallest absolute Gasteiger partial charge is 0.377 e. The van der Waals surface area contributed by atoms with Crippen LogP contribution in [0.1, 0.15) is 47.3 Å². The Bertz CT molecular complexity index is 890. The van der Waals surface area contributed by atoms with Gasteiger partial charge in [0.1, 0.15) is 5.82 Å². The molecular formula is C22H27F3N4O. The topological polar surface area (TPSA) is 57.3 Å². The number of carbonyl (C=O) groups excluding carboxylic acids is 1. The molecule has 30 heavy (non-hydrogen) atoms. The van der Waals surface area contributed by atoms with Gasteiger partial charge in [-0.05, 0) is 56.9 Å². The zero-order valence-corrected chi connectivity index (χ0v) is 17.4. The standard InChI is InChI=1S/C22H27F3N4O/c1-14-11-19(29(2)3)13-20(26-14)27-17-7-9-18(10-8-17)28-21(30)15-5-4-6-16(12-15)22(23,24)25/h4-6,11-13,17-18H,7-10H2,1-3H3,(H,26,27)(H,28,30). The Kier molecular flexibility index (Phi) is 6.53. The SMILES string of the molecule is Cc1cc(N(C)C)cc(NC2CCC(NC(=O)c3cccc(C(F)(F)F)c3)CC2)n1. The zero-order chi connectivity index (χ0) is 21.9. The first kappa shape index (κ1) is 21.9. The quantitative estimate of drug-likeness (QED) is 0.741. The van der Waals surface area contributed by atoms with Crippen molar-refractivity contribution < 1.29 is 18.0 Å². The molecule has 0 radical (unpaired) electrons. The Morgan fingerprint density at radius 1 is 1.07 bits per heavy atom. The van der Waals surface area contributed by atoms with Crippen LogP contribution in [-0.2, 0) is 6.18 Å². The van der Waals surface area contributed by atoms with E-state index in [1.165, 1.54) is 12.1 Å². The van der Waals surface area contributed by atoms with E-state index in [0.29, 0.717) is 0 Å². The molecule has 1 aromatic heterocycles. The van der Waals surface area contributed by atoms with E-state index < -0.39 is 17.6 Å². The number of rotatable bonds is 5. The Labute approximate surface area is 174 Å². The molecule has 2 N–H and O–H groups in total. The van der Waals surface area contributed by atoms with Crippen LogP contribution in [0.2, 0.25) is 0 Å². The summed E-state index contributed by atoms with van der Waals surface area (Å²) in [5, 5.41) is 6.35. The number of alkyl halides is 3. The van der Waals surface area contributed by atoms with Crippen LogP contribution in [0, 0.1) is 6.92 Å². The lowest BCUT2D eigenvalue weighted by atomic mass is 9.91. The molecule has 5 nitrogen and oxygen atoms in total. The minimum absolute atomic E-state index is 0.0326. The van der Waals surface area contributed by atoms with Crippen LogP contribution >= 0.6 is 0 Å². The molecule has 0 saturated heterocycles. The summed E-state index contributed by atoms with van der Waals surface area (Å²) in [7, 11) is 3.97. The van der Waals surface area contributed by atoms with Crippen molar-refractivity contribution in [2.45, 2.75) is 50.9 Å². The summed E-state index contributed by atoms with van der Waals surface area (Å²) in [5.74, 6) is 0.364. The molecule has 1 aromatic carbocycles. The van der Waals surface area contributed by atoms with Crippen molar-refractivity contribution >= 4 is 17.4 Å². The van der Waals surface area contributed by atoms with Gasteiger partial charge >= 0.3 is 6.18 Å². The molecule has 8 heteroatoms. The highest BCUT2D eigenvalue weighted by Gasteiger charge is 2.31. The van der Waals surface area contributed by atoms with Gasteiger partial charge in [-0.2, -0.15) is 13.2 Å². The fourth-order valence-electron chi connectivity index (χ4n) is 3.68.